The normalized spacial score (nSPS) is 11.8. The van der Waals surface area contributed by atoms with Crippen LogP contribution in [0.1, 0.15) is 13.8 Å². The van der Waals surface area contributed by atoms with Gasteiger partial charge in [-0.3, -0.25) is 0 Å². The number of sulfonamides is 1. The van der Waals surface area contributed by atoms with Gasteiger partial charge in [-0.2, -0.15) is 0 Å². The van der Waals surface area contributed by atoms with Crippen LogP contribution in [0.2, 0.25) is 0 Å². The van der Waals surface area contributed by atoms with Crippen LogP contribution in [-0.2, 0) is 10.0 Å². The molecule has 0 radical (unpaired) electrons. The van der Waals surface area contributed by atoms with Crippen LogP contribution in [-0.4, -0.2) is 21.6 Å². The lowest BCUT2D eigenvalue weighted by Crippen LogP contribution is -2.30. The summed E-state index contributed by atoms with van der Waals surface area (Å²) in [5.41, 5.74) is 0. The van der Waals surface area contributed by atoms with E-state index in [2.05, 4.69) is 4.72 Å². The predicted octanol–water partition coefficient (Wildman–Crippen LogP) is 1.99. The molecule has 0 bridgehead atoms. The number of nitrogens with one attached hydrogen (secondary N) is 1. The molecule has 4 nitrogen and oxygen atoms in total. The number of hydrogen-bond donors (Lipinski definition) is 1. The summed E-state index contributed by atoms with van der Waals surface area (Å²) < 4.78 is 32.0. The monoisotopic (exact) mass is 355 g/mol. The van der Waals surface area contributed by atoms with Crippen molar-refractivity contribution < 1.29 is 13.2 Å². The van der Waals surface area contributed by atoms with Crippen LogP contribution in [0.5, 0.6) is 5.75 Å². The van der Waals surface area contributed by atoms with Gasteiger partial charge in [0.25, 0.3) is 0 Å². The van der Waals surface area contributed by atoms with E-state index in [4.69, 9.17) is 4.74 Å². The summed E-state index contributed by atoms with van der Waals surface area (Å²) in [4.78, 5) is 0.256. The summed E-state index contributed by atoms with van der Waals surface area (Å²) >= 11 is 2.04. The molecular weight excluding hydrogens is 341 g/mol. The Balaban J connectivity index is 3.10. The Morgan fingerprint density at radius 1 is 1.38 bits per heavy atom. The highest BCUT2D eigenvalue weighted by Gasteiger charge is 2.16. The van der Waals surface area contributed by atoms with Gasteiger partial charge in [0.1, 0.15) is 5.75 Å². The minimum Gasteiger partial charge on any atom is -0.496 e. The Kier molecular flexibility index (Phi) is 4.57. The molecule has 90 valence electrons. The van der Waals surface area contributed by atoms with E-state index < -0.39 is 10.0 Å². The number of methoxy groups -OCH3 is 1. The lowest BCUT2D eigenvalue weighted by Gasteiger charge is -2.10. The highest BCUT2D eigenvalue weighted by molar-refractivity contribution is 14.1. The maximum atomic E-state index is 11.8. The molecule has 0 fully saturated rings. The summed E-state index contributed by atoms with van der Waals surface area (Å²) in [6.07, 6.45) is 0. The first-order valence-corrected chi connectivity index (χ1v) is 7.29. The van der Waals surface area contributed by atoms with Gasteiger partial charge >= 0.3 is 0 Å². The van der Waals surface area contributed by atoms with Crippen LogP contribution in [0, 0.1) is 3.57 Å². The van der Waals surface area contributed by atoms with Crippen molar-refractivity contribution in [1.82, 2.24) is 4.72 Å². The van der Waals surface area contributed by atoms with Crippen LogP contribution in [0.4, 0.5) is 0 Å². The molecule has 0 unspecified atom stereocenters. The fraction of sp³-hybridized carbons (Fsp3) is 0.400. The van der Waals surface area contributed by atoms with Crippen molar-refractivity contribution in [3.05, 3.63) is 21.8 Å². The second kappa shape index (κ2) is 5.33. The van der Waals surface area contributed by atoms with Crippen molar-refractivity contribution in [1.29, 1.82) is 0 Å². The Hall–Kier alpha value is -0.340. The summed E-state index contributed by atoms with van der Waals surface area (Å²) in [5.74, 6) is 0.670. The van der Waals surface area contributed by atoms with Crippen LogP contribution in [0.3, 0.4) is 0 Å². The first-order chi connectivity index (χ1) is 7.36. The lowest BCUT2D eigenvalue weighted by molar-refractivity contribution is 0.411. The molecule has 0 aromatic heterocycles. The van der Waals surface area contributed by atoms with Gasteiger partial charge in [0.2, 0.25) is 10.0 Å². The fourth-order valence-electron chi connectivity index (χ4n) is 1.19. The minimum absolute atomic E-state index is 0.121. The zero-order valence-corrected chi connectivity index (χ0v) is 12.3. The van der Waals surface area contributed by atoms with Crippen molar-refractivity contribution in [2.45, 2.75) is 24.8 Å². The SMILES string of the molecule is COc1ccc(S(=O)(=O)NC(C)C)cc1I. The van der Waals surface area contributed by atoms with Gasteiger partial charge in [-0.15, -0.1) is 0 Å². The smallest absolute Gasteiger partial charge is 0.240 e. The van der Waals surface area contributed by atoms with E-state index in [1.54, 1.807) is 33.1 Å². The minimum atomic E-state index is -3.42. The summed E-state index contributed by atoms with van der Waals surface area (Å²) in [5, 5.41) is 0. The van der Waals surface area contributed by atoms with Crippen LogP contribution in [0.25, 0.3) is 0 Å². The molecule has 0 amide bonds. The molecule has 0 heterocycles. The third kappa shape index (κ3) is 3.33. The zero-order valence-electron chi connectivity index (χ0n) is 9.32. The zero-order chi connectivity index (χ0) is 12.3. The Morgan fingerprint density at radius 3 is 2.44 bits per heavy atom. The van der Waals surface area contributed by atoms with E-state index in [0.29, 0.717) is 5.75 Å². The maximum absolute atomic E-state index is 11.8. The molecule has 0 atom stereocenters. The van der Waals surface area contributed by atoms with Crippen molar-refractivity contribution in [2.75, 3.05) is 7.11 Å². The molecule has 16 heavy (non-hydrogen) atoms. The molecule has 1 N–H and O–H groups in total. The second-order valence-corrected chi connectivity index (χ2v) is 6.45. The third-order valence-corrected chi connectivity index (χ3v) is 4.32. The van der Waals surface area contributed by atoms with E-state index in [0.717, 1.165) is 3.57 Å². The summed E-state index contributed by atoms with van der Waals surface area (Å²) in [6, 6.07) is 4.65. The largest absolute Gasteiger partial charge is 0.496 e. The summed E-state index contributed by atoms with van der Waals surface area (Å²) in [7, 11) is -1.86. The third-order valence-electron chi connectivity index (χ3n) is 1.82. The van der Waals surface area contributed by atoms with Crippen molar-refractivity contribution in [3.63, 3.8) is 0 Å². The average molecular weight is 355 g/mol. The number of benzene rings is 1. The van der Waals surface area contributed by atoms with E-state index in [9.17, 15) is 8.42 Å². The highest BCUT2D eigenvalue weighted by atomic mass is 127. The van der Waals surface area contributed by atoms with Crippen LogP contribution >= 0.6 is 22.6 Å². The van der Waals surface area contributed by atoms with E-state index >= 15 is 0 Å². The standard InChI is InChI=1S/C10H14INO3S/c1-7(2)12-16(13,14)8-4-5-10(15-3)9(11)6-8/h4-7,12H,1-3H3. The van der Waals surface area contributed by atoms with Gasteiger partial charge in [-0.1, -0.05) is 0 Å². The first-order valence-electron chi connectivity index (χ1n) is 4.72. The van der Waals surface area contributed by atoms with E-state index in [1.165, 1.54) is 6.07 Å². The number of ether oxygens (including phenoxy) is 1. The molecule has 0 aliphatic carbocycles. The average Bonchev–Trinajstić information content (AvgIpc) is 2.15. The van der Waals surface area contributed by atoms with Gasteiger partial charge in [-0.05, 0) is 54.6 Å². The molecule has 1 aromatic rings. The number of halogens is 1. The van der Waals surface area contributed by atoms with Crippen molar-refractivity contribution in [3.8, 4) is 5.75 Å². The first kappa shape index (κ1) is 13.7. The van der Waals surface area contributed by atoms with E-state index in [-0.39, 0.29) is 10.9 Å². The van der Waals surface area contributed by atoms with Gasteiger partial charge in [0.05, 0.1) is 15.6 Å². The second-order valence-electron chi connectivity index (χ2n) is 3.57. The lowest BCUT2D eigenvalue weighted by atomic mass is 10.3. The van der Waals surface area contributed by atoms with Crippen LogP contribution in [0.15, 0.2) is 23.1 Å². The summed E-state index contributed by atoms with van der Waals surface area (Å²) in [6.45, 7) is 3.57. The molecule has 1 aromatic carbocycles. The maximum Gasteiger partial charge on any atom is 0.240 e. The van der Waals surface area contributed by atoms with Crippen molar-refractivity contribution in [2.24, 2.45) is 0 Å². The predicted molar refractivity (Wildman–Crippen MR) is 71.2 cm³/mol. The topological polar surface area (TPSA) is 55.4 Å². The molecule has 6 heteroatoms. The van der Waals surface area contributed by atoms with E-state index in [1.807, 2.05) is 22.6 Å². The molecule has 0 spiro atoms. The molecule has 0 saturated heterocycles. The van der Waals surface area contributed by atoms with Gasteiger partial charge in [-0.25, -0.2) is 13.1 Å². The highest BCUT2D eigenvalue weighted by Crippen LogP contribution is 2.23. The molecule has 0 aliphatic heterocycles. The quantitative estimate of drug-likeness (QED) is 0.841. The van der Waals surface area contributed by atoms with Gasteiger partial charge in [0, 0.05) is 6.04 Å². The Labute approximate surface area is 110 Å². The number of rotatable bonds is 4. The molecular formula is C10H14INO3S. The fourth-order valence-corrected chi connectivity index (χ4v) is 3.42. The van der Waals surface area contributed by atoms with Crippen molar-refractivity contribution >= 4 is 32.6 Å². The van der Waals surface area contributed by atoms with Gasteiger partial charge in [0.15, 0.2) is 0 Å². The van der Waals surface area contributed by atoms with Gasteiger partial charge < -0.3 is 4.74 Å². The number of hydrogen-bond acceptors (Lipinski definition) is 3. The molecule has 0 saturated carbocycles. The Bertz CT molecular complexity index is 471. The van der Waals surface area contributed by atoms with Crippen LogP contribution < -0.4 is 9.46 Å². The Morgan fingerprint density at radius 2 is 2.00 bits per heavy atom. The molecule has 1 rings (SSSR count). The molecule has 0 aliphatic rings.